The third-order valence-electron chi connectivity index (χ3n) is 6.30. The highest BCUT2D eigenvalue weighted by Gasteiger charge is 2.22. The molecule has 1 amide bonds. The summed E-state index contributed by atoms with van der Waals surface area (Å²) in [6.07, 6.45) is 0.669. The van der Waals surface area contributed by atoms with E-state index in [1.165, 1.54) is 24.3 Å². The molecule has 6 nitrogen and oxygen atoms in total. The molecular weight excluding hydrogens is 459 g/mol. The first-order chi connectivity index (χ1) is 17.5. The Morgan fingerprint density at radius 2 is 1.81 bits per heavy atom. The summed E-state index contributed by atoms with van der Waals surface area (Å²) in [4.78, 5) is 20.3. The number of carbonyl (C=O) groups is 1. The highest BCUT2D eigenvalue weighted by Crippen LogP contribution is 2.38. The van der Waals surface area contributed by atoms with Gasteiger partial charge in [0.25, 0.3) is 5.91 Å². The third kappa shape index (κ3) is 4.88. The monoisotopic (exact) mass is 486 g/mol. The molecular formula is C29H27FN2O4. The van der Waals surface area contributed by atoms with Gasteiger partial charge >= 0.3 is 0 Å². The van der Waals surface area contributed by atoms with Crippen LogP contribution in [-0.4, -0.2) is 42.8 Å². The van der Waals surface area contributed by atoms with Crippen molar-refractivity contribution >= 4 is 16.8 Å². The van der Waals surface area contributed by atoms with Gasteiger partial charge in [-0.15, -0.1) is 0 Å². The Labute approximate surface area is 209 Å². The molecule has 1 aromatic heterocycles. The maximum Gasteiger partial charge on any atom is 0.254 e. The summed E-state index contributed by atoms with van der Waals surface area (Å²) >= 11 is 0. The number of carbonyl (C=O) groups excluding carboxylic acids is 1. The molecule has 2 heterocycles. The Balaban J connectivity index is 1.59. The van der Waals surface area contributed by atoms with Crippen LogP contribution in [0.25, 0.3) is 22.2 Å². The number of aryl methyl sites for hydroxylation is 1. The first kappa shape index (κ1) is 23.8. The second-order valence-electron chi connectivity index (χ2n) is 8.79. The predicted molar refractivity (Wildman–Crippen MR) is 136 cm³/mol. The molecule has 1 aliphatic rings. The van der Waals surface area contributed by atoms with Gasteiger partial charge in [-0.25, -0.2) is 9.37 Å². The molecule has 0 bridgehead atoms. The smallest absolute Gasteiger partial charge is 0.254 e. The van der Waals surface area contributed by atoms with Gasteiger partial charge in [0.05, 0.1) is 11.2 Å². The standard InChI is InChI=1S/C29H27FN2O4/c1-19-6-3-4-7-24(19)28-22(14-21-15-26-27(36-18-35-26)16-25(21)31-28)17-32(12-5-13-34-2)29(33)20-8-10-23(30)11-9-20/h3-4,6-11,14-16H,5,12-13,17-18H2,1-2H3. The second kappa shape index (κ2) is 10.3. The molecule has 4 aromatic rings. The van der Waals surface area contributed by atoms with Gasteiger partial charge in [-0.2, -0.15) is 0 Å². The van der Waals surface area contributed by atoms with Crippen molar-refractivity contribution in [2.75, 3.05) is 27.1 Å². The Kier molecular flexibility index (Phi) is 6.82. The van der Waals surface area contributed by atoms with E-state index in [4.69, 9.17) is 19.2 Å². The van der Waals surface area contributed by atoms with Gasteiger partial charge in [-0.3, -0.25) is 4.79 Å². The van der Waals surface area contributed by atoms with E-state index < -0.39 is 0 Å². The van der Waals surface area contributed by atoms with E-state index in [9.17, 15) is 9.18 Å². The lowest BCUT2D eigenvalue weighted by molar-refractivity contribution is 0.0724. The summed E-state index contributed by atoms with van der Waals surface area (Å²) < 4.78 is 29.9. The fraction of sp³-hybridized carbons (Fsp3) is 0.241. The fourth-order valence-corrected chi connectivity index (χ4v) is 4.43. The summed E-state index contributed by atoms with van der Waals surface area (Å²) in [6.45, 7) is 3.57. The number of halogens is 1. The van der Waals surface area contributed by atoms with Crippen LogP contribution in [-0.2, 0) is 11.3 Å². The minimum atomic E-state index is -0.378. The number of hydrogen-bond acceptors (Lipinski definition) is 5. The molecule has 3 aromatic carbocycles. The van der Waals surface area contributed by atoms with Crippen LogP contribution in [0.2, 0.25) is 0 Å². The van der Waals surface area contributed by atoms with Crippen LogP contribution in [0.1, 0.15) is 27.9 Å². The van der Waals surface area contributed by atoms with E-state index in [1.807, 2.05) is 43.3 Å². The number of aromatic nitrogens is 1. The summed E-state index contributed by atoms with van der Waals surface area (Å²) in [6, 6.07) is 19.6. The van der Waals surface area contributed by atoms with E-state index in [0.717, 1.165) is 33.3 Å². The van der Waals surface area contributed by atoms with Crippen molar-refractivity contribution in [3.05, 3.63) is 89.2 Å². The third-order valence-corrected chi connectivity index (χ3v) is 6.30. The van der Waals surface area contributed by atoms with Gasteiger partial charge < -0.3 is 19.1 Å². The first-order valence-corrected chi connectivity index (χ1v) is 11.9. The summed E-state index contributed by atoms with van der Waals surface area (Å²) in [5.74, 6) is 0.800. The Hall–Kier alpha value is -3.97. The lowest BCUT2D eigenvalue weighted by Crippen LogP contribution is -2.32. The van der Waals surface area contributed by atoms with Crippen LogP contribution in [0.5, 0.6) is 11.5 Å². The number of benzene rings is 3. The van der Waals surface area contributed by atoms with Gasteiger partial charge in [-0.05, 0) is 60.9 Å². The molecule has 0 radical (unpaired) electrons. The fourth-order valence-electron chi connectivity index (χ4n) is 4.43. The van der Waals surface area contributed by atoms with Gasteiger partial charge in [0, 0.05) is 49.4 Å². The Bertz CT molecular complexity index is 1400. The van der Waals surface area contributed by atoms with Gasteiger partial charge in [0.2, 0.25) is 6.79 Å². The normalized spacial score (nSPS) is 12.2. The molecule has 0 atom stereocenters. The minimum Gasteiger partial charge on any atom is -0.454 e. The predicted octanol–water partition coefficient (Wildman–Crippen LogP) is 5.76. The van der Waals surface area contributed by atoms with E-state index in [0.29, 0.717) is 43.2 Å². The van der Waals surface area contributed by atoms with Crippen molar-refractivity contribution in [3.8, 4) is 22.8 Å². The topological polar surface area (TPSA) is 60.9 Å². The van der Waals surface area contributed by atoms with Crippen molar-refractivity contribution in [3.63, 3.8) is 0 Å². The maximum atomic E-state index is 13.5. The van der Waals surface area contributed by atoms with Gasteiger partial charge in [0.15, 0.2) is 11.5 Å². The van der Waals surface area contributed by atoms with Crippen molar-refractivity contribution < 1.29 is 23.4 Å². The molecule has 0 N–H and O–H groups in total. The largest absolute Gasteiger partial charge is 0.454 e. The molecule has 36 heavy (non-hydrogen) atoms. The SMILES string of the molecule is COCCCN(Cc1cc2cc3c(cc2nc1-c1ccccc1C)OCO3)C(=O)c1ccc(F)cc1. The average molecular weight is 487 g/mol. The van der Waals surface area contributed by atoms with E-state index in [2.05, 4.69) is 6.07 Å². The molecule has 0 unspecified atom stereocenters. The lowest BCUT2D eigenvalue weighted by atomic mass is 9.98. The molecule has 5 rings (SSSR count). The van der Waals surface area contributed by atoms with Crippen LogP contribution >= 0.6 is 0 Å². The molecule has 0 fully saturated rings. The molecule has 7 heteroatoms. The summed E-state index contributed by atoms with van der Waals surface area (Å²) in [7, 11) is 1.64. The average Bonchev–Trinajstić information content (AvgIpc) is 3.34. The van der Waals surface area contributed by atoms with Crippen LogP contribution in [0, 0.1) is 12.7 Å². The Morgan fingerprint density at radius 1 is 1.06 bits per heavy atom. The number of rotatable bonds is 8. The zero-order chi connectivity index (χ0) is 25.1. The van der Waals surface area contributed by atoms with E-state index in [-0.39, 0.29) is 18.5 Å². The van der Waals surface area contributed by atoms with Crippen LogP contribution in [0.15, 0.2) is 66.7 Å². The summed E-state index contributed by atoms with van der Waals surface area (Å²) in [5, 5.41) is 0.901. The number of pyridine rings is 1. The van der Waals surface area contributed by atoms with Crippen LogP contribution < -0.4 is 9.47 Å². The van der Waals surface area contributed by atoms with E-state index in [1.54, 1.807) is 12.0 Å². The Morgan fingerprint density at radius 3 is 2.56 bits per heavy atom. The number of methoxy groups -OCH3 is 1. The van der Waals surface area contributed by atoms with Gasteiger partial charge in [-0.1, -0.05) is 24.3 Å². The maximum absolute atomic E-state index is 13.5. The number of fused-ring (bicyclic) bond motifs is 2. The molecule has 0 spiro atoms. The van der Waals surface area contributed by atoms with Crippen LogP contribution in [0.4, 0.5) is 4.39 Å². The highest BCUT2D eigenvalue weighted by atomic mass is 19.1. The summed E-state index contributed by atoms with van der Waals surface area (Å²) in [5.41, 5.74) is 5.02. The van der Waals surface area contributed by atoms with Crippen molar-refractivity contribution in [2.24, 2.45) is 0 Å². The quantitative estimate of drug-likeness (QED) is 0.297. The number of nitrogens with zero attached hydrogens (tertiary/aromatic N) is 2. The molecule has 0 aliphatic carbocycles. The zero-order valence-electron chi connectivity index (χ0n) is 20.3. The highest BCUT2D eigenvalue weighted by molar-refractivity contribution is 5.94. The minimum absolute atomic E-state index is 0.173. The lowest BCUT2D eigenvalue weighted by Gasteiger charge is -2.25. The molecule has 0 saturated heterocycles. The van der Waals surface area contributed by atoms with E-state index >= 15 is 0 Å². The van der Waals surface area contributed by atoms with Crippen molar-refractivity contribution in [1.82, 2.24) is 9.88 Å². The number of hydrogen-bond donors (Lipinski definition) is 0. The van der Waals surface area contributed by atoms with Crippen molar-refractivity contribution in [1.29, 1.82) is 0 Å². The van der Waals surface area contributed by atoms with Crippen LogP contribution in [0.3, 0.4) is 0 Å². The zero-order valence-corrected chi connectivity index (χ0v) is 20.3. The number of amides is 1. The number of ether oxygens (including phenoxy) is 3. The van der Waals surface area contributed by atoms with Crippen molar-refractivity contribution in [2.45, 2.75) is 19.9 Å². The first-order valence-electron chi connectivity index (χ1n) is 11.9. The second-order valence-corrected chi connectivity index (χ2v) is 8.79. The molecule has 0 saturated carbocycles. The van der Waals surface area contributed by atoms with Gasteiger partial charge in [0.1, 0.15) is 5.82 Å². The molecule has 184 valence electrons. The molecule has 1 aliphatic heterocycles.